The Kier molecular flexibility index (Phi) is 6.40. The van der Waals surface area contributed by atoms with E-state index in [1.165, 1.54) is 12.1 Å². The zero-order chi connectivity index (χ0) is 22.0. The summed E-state index contributed by atoms with van der Waals surface area (Å²) in [5.41, 5.74) is 1.84. The van der Waals surface area contributed by atoms with Crippen LogP contribution >= 0.6 is 22.6 Å². The third-order valence-electron chi connectivity index (χ3n) is 5.36. The molecule has 2 atom stereocenters. The fourth-order valence-electron chi connectivity index (χ4n) is 3.81. The summed E-state index contributed by atoms with van der Waals surface area (Å²) in [5, 5.41) is 3.19. The van der Waals surface area contributed by atoms with E-state index < -0.39 is 0 Å². The van der Waals surface area contributed by atoms with Crippen LogP contribution in [-0.2, 0) is 4.79 Å². The Balaban J connectivity index is 1.72. The van der Waals surface area contributed by atoms with E-state index in [4.69, 9.17) is 9.97 Å². The quantitative estimate of drug-likeness (QED) is 0.497. The number of amides is 1. The van der Waals surface area contributed by atoms with Crippen LogP contribution in [0.2, 0.25) is 0 Å². The predicted molar refractivity (Wildman–Crippen MR) is 124 cm³/mol. The van der Waals surface area contributed by atoms with Crippen molar-refractivity contribution < 1.29 is 9.18 Å². The molecule has 4 rings (SSSR count). The number of anilines is 2. The molecule has 0 aliphatic carbocycles. The van der Waals surface area contributed by atoms with Crippen molar-refractivity contribution in [2.75, 3.05) is 11.9 Å². The van der Waals surface area contributed by atoms with Crippen LogP contribution in [0.1, 0.15) is 38.4 Å². The summed E-state index contributed by atoms with van der Waals surface area (Å²) < 4.78 is 14.6. The summed E-state index contributed by atoms with van der Waals surface area (Å²) >= 11 is 2.07. The Morgan fingerprint density at radius 3 is 2.71 bits per heavy atom. The largest absolute Gasteiger partial charge is 0.340 e. The van der Waals surface area contributed by atoms with Crippen molar-refractivity contribution in [3.8, 4) is 11.4 Å². The molecule has 0 unspecified atom stereocenters. The number of aromatic nitrogens is 4. The number of nitrogens with one attached hydrogen (secondary N) is 1. The van der Waals surface area contributed by atoms with Crippen LogP contribution in [-0.4, -0.2) is 43.3 Å². The molecule has 1 saturated heterocycles. The zero-order valence-corrected chi connectivity index (χ0v) is 19.4. The first kappa shape index (κ1) is 21.5. The molecule has 1 amide bonds. The Hall–Kier alpha value is -2.69. The molecular weight excluding hydrogens is 510 g/mol. The van der Waals surface area contributed by atoms with E-state index in [9.17, 15) is 9.18 Å². The van der Waals surface area contributed by atoms with Gasteiger partial charge in [0.05, 0.1) is 11.9 Å². The van der Waals surface area contributed by atoms with Crippen molar-refractivity contribution >= 4 is 40.0 Å². The van der Waals surface area contributed by atoms with E-state index in [1.54, 1.807) is 31.6 Å². The highest BCUT2D eigenvalue weighted by molar-refractivity contribution is 14.1. The van der Waals surface area contributed by atoms with E-state index in [2.05, 4.69) is 44.8 Å². The van der Waals surface area contributed by atoms with Crippen LogP contribution in [0.3, 0.4) is 0 Å². The average molecular weight is 532 g/mol. The van der Waals surface area contributed by atoms with Gasteiger partial charge in [-0.15, -0.1) is 0 Å². The van der Waals surface area contributed by atoms with Gasteiger partial charge >= 0.3 is 0 Å². The lowest BCUT2D eigenvalue weighted by Gasteiger charge is -2.37. The van der Waals surface area contributed by atoms with Gasteiger partial charge in [-0.05, 0) is 60.6 Å². The molecule has 31 heavy (non-hydrogen) atoms. The molecule has 1 N–H and O–H groups in total. The maximum absolute atomic E-state index is 13.9. The van der Waals surface area contributed by atoms with Crippen LogP contribution in [0, 0.1) is 9.39 Å². The number of carbonyl (C=O) groups is 1. The highest BCUT2D eigenvalue weighted by atomic mass is 127. The van der Waals surface area contributed by atoms with Gasteiger partial charge in [-0.2, -0.15) is 0 Å². The number of hydrogen-bond acceptors (Lipinski definition) is 6. The number of piperidine rings is 1. The number of likely N-dealkylation sites (tertiary alicyclic amines) is 1. The lowest BCUT2D eigenvalue weighted by molar-refractivity contribution is -0.132. The van der Waals surface area contributed by atoms with Crippen molar-refractivity contribution in [2.24, 2.45) is 0 Å². The molecule has 0 radical (unpaired) electrons. The molecule has 1 aliphatic rings. The fraction of sp³-hybridized carbons (Fsp3) is 0.318. The second-order valence-electron chi connectivity index (χ2n) is 7.67. The van der Waals surface area contributed by atoms with Crippen molar-refractivity contribution in [3.63, 3.8) is 0 Å². The second kappa shape index (κ2) is 9.21. The summed E-state index contributed by atoms with van der Waals surface area (Å²) in [6.45, 7) is 4.22. The minimum absolute atomic E-state index is 0.00455. The smallest absolute Gasteiger partial charge is 0.219 e. The predicted octanol–water partition coefficient (Wildman–Crippen LogP) is 4.54. The summed E-state index contributed by atoms with van der Waals surface area (Å²) in [6.07, 6.45) is 6.62. The maximum Gasteiger partial charge on any atom is 0.219 e. The highest BCUT2D eigenvalue weighted by Crippen LogP contribution is 2.31. The number of rotatable bonds is 4. The molecule has 0 saturated carbocycles. The van der Waals surface area contributed by atoms with Gasteiger partial charge in [0.25, 0.3) is 0 Å². The van der Waals surface area contributed by atoms with Crippen LogP contribution in [0.5, 0.6) is 0 Å². The van der Waals surface area contributed by atoms with Gasteiger partial charge < -0.3 is 10.2 Å². The van der Waals surface area contributed by atoms with Crippen LogP contribution in [0.4, 0.5) is 15.9 Å². The first-order valence-corrected chi connectivity index (χ1v) is 11.1. The van der Waals surface area contributed by atoms with Crippen molar-refractivity contribution in [1.82, 2.24) is 24.8 Å². The Morgan fingerprint density at radius 1 is 1.16 bits per heavy atom. The second-order valence-corrected chi connectivity index (χ2v) is 8.91. The molecule has 0 bridgehead atoms. The first-order valence-electron chi connectivity index (χ1n) is 10.0. The van der Waals surface area contributed by atoms with Gasteiger partial charge in [-0.1, -0.05) is 0 Å². The molecule has 7 nitrogen and oxygen atoms in total. The number of carbonyl (C=O) groups excluding carboxylic acids is 1. The van der Waals surface area contributed by atoms with Gasteiger partial charge in [0.15, 0.2) is 0 Å². The van der Waals surface area contributed by atoms with Gasteiger partial charge in [-0.3, -0.25) is 14.8 Å². The standard InChI is InChI=1S/C22H22FIN6O/c1-13-3-4-15(12-30(13)14(2)31)22-28-19(20-11-25-5-6-26-20)10-21(29-22)27-18-8-16(23)7-17(24)9-18/h5-11,13,15H,3-4,12H2,1-2H3,(H,27,28,29)/t13-,15+/m0/s1. The molecule has 3 heterocycles. The third kappa shape index (κ3) is 5.15. The topological polar surface area (TPSA) is 83.9 Å². The zero-order valence-electron chi connectivity index (χ0n) is 17.2. The molecule has 9 heteroatoms. The first-order chi connectivity index (χ1) is 14.9. The molecule has 160 valence electrons. The third-order valence-corrected chi connectivity index (χ3v) is 5.98. The lowest BCUT2D eigenvalue weighted by Crippen LogP contribution is -2.44. The molecule has 2 aromatic heterocycles. The van der Waals surface area contributed by atoms with Gasteiger partial charge in [-0.25, -0.2) is 14.4 Å². The van der Waals surface area contributed by atoms with Crippen LogP contribution < -0.4 is 5.32 Å². The Morgan fingerprint density at radius 2 is 2.00 bits per heavy atom. The van der Waals surface area contributed by atoms with Crippen molar-refractivity contribution in [2.45, 2.75) is 38.6 Å². The van der Waals surface area contributed by atoms with Gasteiger partial charge in [0.2, 0.25) is 5.91 Å². The Bertz CT molecular complexity index is 1080. The monoisotopic (exact) mass is 532 g/mol. The molecule has 1 aliphatic heterocycles. The summed E-state index contributed by atoms with van der Waals surface area (Å²) in [7, 11) is 0. The normalized spacial score (nSPS) is 18.6. The van der Waals surface area contributed by atoms with Gasteiger partial charge in [0, 0.05) is 53.1 Å². The van der Waals surface area contributed by atoms with E-state index in [0.29, 0.717) is 35.3 Å². The van der Waals surface area contributed by atoms with Crippen LogP contribution in [0.25, 0.3) is 11.4 Å². The minimum Gasteiger partial charge on any atom is -0.340 e. The Labute approximate surface area is 193 Å². The molecular formula is C22H22FIN6O. The van der Waals surface area contributed by atoms with E-state index in [0.717, 1.165) is 16.4 Å². The molecule has 1 aromatic carbocycles. The summed E-state index contributed by atoms with van der Waals surface area (Å²) in [5.74, 6) is 0.908. The number of hydrogen-bond donors (Lipinski definition) is 1. The molecule has 0 spiro atoms. The van der Waals surface area contributed by atoms with Gasteiger partial charge in [0.1, 0.15) is 23.2 Å². The van der Waals surface area contributed by atoms with E-state index >= 15 is 0 Å². The summed E-state index contributed by atoms with van der Waals surface area (Å²) in [6, 6.07) is 6.70. The molecule has 3 aromatic rings. The van der Waals surface area contributed by atoms with E-state index in [-0.39, 0.29) is 23.7 Å². The summed E-state index contributed by atoms with van der Waals surface area (Å²) in [4.78, 5) is 31.9. The minimum atomic E-state index is -0.323. The number of benzene rings is 1. The SMILES string of the molecule is CC(=O)N1C[C@H](c2nc(Nc3cc(F)cc(I)c3)cc(-c3cnccn3)n2)CC[C@@H]1C. The van der Waals surface area contributed by atoms with Crippen LogP contribution in [0.15, 0.2) is 42.9 Å². The number of nitrogens with zero attached hydrogens (tertiary/aromatic N) is 5. The van der Waals surface area contributed by atoms with Crippen molar-refractivity contribution in [3.05, 3.63) is 58.1 Å². The van der Waals surface area contributed by atoms with Crippen molar-refractivity contribution in [1.29, 1.82) is 0 Å². The maximum atomic E-state index is 13.9. The average Bonchev–Trinajstić information content (AvgIpc) is 2.73. The highest BCUT2D eigenvalue weighted by Gasteiger charge is 2.30. The lowest BCUT2D eigenvalue weighted by atomic mass is 9.92. The molecule has 1 fully saturated rings. The number of halogens is 2. The van der Waals surface area contributed by atoms with E-state index in [1.807, 2.05) is 11.0 Å². The fourth-order valence-corrected chi connectivity index (χ4v) is 4.44.